The number of aryl methyl sites for hydroxylation is 1. The zero-order valence-electron chi connectivity index (χ0n) is 10.0. The normalized spacial score (nSPS) is 27.8. The van der Waals surface area contributed by atoms with Gasteiger partial charge in [0.15, 0.2) is 0 Å². The van der Waals surface area contributed by atoms with Crippen LogP contribution in [0.1, 0.15) is 43.4 Å². The van der Waals surface area contributed by atoms with Gasteiger partial charge in [-0.25, -0.2) is 9.97 Å². The third-order valence-corrected chi connectivity index (χ3v) is 3.93. The molecule has 2 aliphatic rings. The average molecular weight is 233 g/mol. The van der Waals surface area contributed by atoms with Crippen LogP contribution in [0, 0.1) is 0 Å². The summed E-state index contributed by atoms with van der Waals surface area (Å²) < 4.78 is 0. The van der Waals surface area contributed by atoms with Gasteiger partial charge in [0.05, 0.1) is 12.1 Å². The number of hydrogen-bond acceptors (Lipinski definition) is 4. The van der Waals surface area contributed by atoms with E-state index in [2.05, 4.69) is 15.3 Å². The Kier molecular flexibility index (Phi) is 2.97. The molecule has 4 heteroatoms. The van der Waals surface area contributed by atoms with Crippen molar-refractivity contribution in [1.82, 2.24) is 9.97 Å². The molecular weight excluding hydrogens is 214 g/mol. The second kappa shape index (κ2) is 4.61. The highest BCUT2D eigenvalue weighted by Crippen LogP contribution is 2.28. The second-order valence-corrected chi connectivity index (χ2v) is 5.10. The highest BCUT2D eigenvalue weighted by atomic mass is 16.3. The molecule has 2 unspecified atom stereocenters. The number of fused-ring (bicyclic) bond motifs is 1. The molecule has 1 saturated carbocycles. The zero-order chi connectivity index (χ0) is 11.7. The highest BCUT2D eigenvalue weighted by Gasteiger charge is 2.25. The fourth-order valence-electron chi connectivity index (χ4n) is 2.94. The molecule has 2 aliphatic carbocycles. The van der Waals surface area contributed by atoms with E-state index in [-0.39, 0.29) is 12.1 Å². The maximum Gasteiger partial charge on any atom is 0.133 e. The van der Waals surface area contributed by atoms with Gasteiger partial charge in [0.1, 0.15) is 12.1 Å². The fourth-order valence-corrected chi connectivity index (χ4v) is 2.94. The first-order valence-corrected chi connectivity index (χ1v) is 6.62. The molecule has 0 amide bonds. The van der Waals surface area contributed by atoms with Gasteiger partial charge in [-0.2, -0.15) is 0 Å². The van der Waals surface area contributed by atoms with E-state index in [9.17, 15) is 5.11 Å². The van der Waals surface area contributed by atoms with Crippen LogP contribution in [0.3, 0.4) is 0 Å². The number of aliphatic hydroxyl groups is 1. The van der Waals surface area contributed by atoms with E-state index in [1.54, 1.807) is 6.33 Å². The Balaban J connectivity index is 1.78. The van der Waals surface area contributed by atoms with Crippen LogP contribution in [0.25, 0.3) is 0 Å². The Hall–Kier alpha value is -1.16. The summed E-state index contributed by atoms with van der Waals surface area (Å²) in [6.45, 7) is 0. The lowest BCUT2D eigenvalue weighted by Gasteiger charge is -2.29. The van der Waals surface area contributed by atoms with Crippen LogP contribution in [0.4, 0.5) is 5.82 Å². The van der Waals surface area contributed by atoms with E-state index in [1.165, 1.54) is 24.1 Å². The fraction of sp³-hybridized carbons (Fsp3) is 0.692. The minimum absolute atomic E-state index is 0.170. The number of nitrogens with zero attached hydrogens (tertiary/aromatic N) is 2. The smallest absolute Gasteiger partial charge is 0.133 e. The molecule has 0 bridgehead atoms. The van der Waals surface area contributed by atoms with E-state index >= 15 is 0 Å². The largest absolute Gasteiger partial charge is 0.391 e. The summed E-state index contributed by atoms with van der Waals surface area (Å²) in [5.41, 5.74) is 2.46. The van der Waals surface area contributed by atoms with Crippen molar-refractivity contribution in [3.8, 4) is 0 Å². The molecule has 0 saturated heterocycles. The van der Waals surface area contributed by atoms with E-state index in [1.807, 2.05) is 0 Å². The van der Waals surface area contributed by atoms with Crippen molar-refractivity contribution in [2.24, 2.45) is 0 Å². The summed E-state index contributed by atoms with van der Waals surface area (Å²) in [5.74, 6) is 0.957. The molecule has 1 heterocycles. The summed E-state index contributed by atoms with van der Waals surface area (Å²) in [6, 6.07) is 0.170. The number of hydrogen-bond donors (Lipinski definition) is 2. The number of rotatable bonds is 2. The van der Waals surface area contributed by atoms with Crippen LogP contribution in [0.5, 0.6) is 0 Å². The van der Waals surface area contributed by atoms with Crippen LogP contribution in [-0.4, -0.2) is 27.2 Å². The first-order chi connectivity index (χ1) is 8.34. The Labute approximate surface area is 101 Å². The predicted molar refractivity (Wildman–Crippen MR) is 65.9 cm³/mol. The molecule has 0 spiro atoms. The van der Waals surface area contributed by atoms with Crippen LogP contribution in [0.15, 0.2) is 6.33 Å². The lowest BCUT2D eigenvalue weighted by atomic mass is 9.92. The third kappa shape index (κ3) is 2.14. The van der Waals surface area contributed by atoms with Crippen LogP contribution < -0.4 is 5.32 Å². The zero-order valence-corrected chi connectivity index (χ0v) is 10.0. The Morgan fingerprint density at radius 2 is 2.00 bits per heavy atom. The molecule has 3 rings (SSSR count). The molecule has 2 atom stereocenters. The maximum absolute atomic E-state index is 9.97. The lowest BCUT2D eigenvalue weighted by molar-refractivity contribution is 0.116. The molecule has 0 aromatic carbocycles. The van der Waals surface area contributed by atoms with Crippen molar-refractivity contribution in [1.29, 1.82) is 0 Å². The van der Waals surface area contributed by atoms with Crippen molar-refractivity contribution >= 4 is 5.82 Å². The van der Waals surface area contributed by atoms with Crippen LogP contribution in [0.2, 0.25) is 0 Å². The SMILES string of the molecule is OC1CCCCC1Nc1ncnc2c1CCC2. The molecule has 1 aromatic heterocycles. The number of aromatic nitrogens is 2. The van der Waals surface area contributed by atoms with Gasteiger partial charge in [0.25, 0.3) is 0 Å². The van der Waals surface area contributed by atoms with Crippen molar-refractivity contribution in [3.05, 3.63) is 17.6 Å². The quantitative estimate of drug-likeness (QED) is 0.816. The first kappa shape index (κ1) is 11.0. The molecule has 0 radical (unpaired) electrons. The maximum atomic E-state index is 9.97. The summed E-state index contributed by atoms with van der Waals surface area (Å²) in [7, 11) is 0. The van der Waals surface area contributed by atoms with Gasteiger partial charge in [-0.15, -0.1) is 0 Å². The minimum atomic E-state index is -0.226. The summed E-state index contributed by atoms with van der Waals surface area (Å²) in [4.78, 5) is 8.66. The predicted octanol–water partition coefficient (Wildman–Crippen LogP) is 1.68. The van der Waals surface area contributed by atoms with Gasteiger partial charge in [-0.05, 0) is 32.1 Å². The molecule has 92 valence electrons. The van der Waals surface area contributed by atoms with E-state index < -0.39 is 0 Å². The standard InChI is InChI=1S/C13H19N3O/c17-12-7-2-1-5-11(12)16-13-9-4-3-6-10(9)14-8-15-13/h8,11-12,17H,1-7H2,(H,14,15,16). The first-order valence-electron chi connectivity index (χ1n) is 6.62. The monoisotopic (exact) mass is 233 g/mol. The Morgan fingerprint density at radius 1 is 1.12 bits per heavy atom. The topological polar surface area (TPSA) is 58.0 Å². The molecule has 4 nitrogen and oxygen atoms in total. The molecule has 17 heavy (non-hydrogen) atoms. The van der Waals surface area contributed by atoms with E-state index in [0.29, 0.717) is 0 Å². The average Bonchev–Trinajstić information content (AvgIpc) is 2.81. The molecule has 1 aromatic rings. The van der Waals surface area contributed by atoms with Crippen molar-refractivity contribution in [2.75, 3.05) is 5.32 Å². The second-order valence-electron chi connectivity index (χ2n) is 5.10. The van der Waals surface area contributed by atoms with Crippen LogP contribution >= 0.6 is 0 Å². The molecule has 1 fully saturated rings. The Morgan fingerprint density at radius 3 is 2.88 bits per heavy atom. The van der Waals surface area contributed by atoms with E-state index in [0.717, 1.165) is 37.9 Å². The number of anilines is 1. The van der Waals surface area contributed by atoms with Crippen molar-refractivity contribution in [2.45, 2.75) is 57.1 Å². The summed E-state index contributed by atoms with van der Waals surface area (Å²) in [6.07, 6.45) is 9.02. The van der Waals surface area contributed by atoms with Gasteiger partial charge >= 0.3 is 0 Å². The van der Waals surface area contributed by atoms with Gasteiger partial charge < -0.3 is 10.4 Å². The number of nitrogens with one attached hydrogen (secondary N) is 1. The third-order valence-electron chi connectivity index (χ3n) is 3.93. The lowest BCUT2D eigenvalue weighted by Crippen LogP contribution is -2.36. The van der Waals surface area contributed by atoms with Gasteiger partial charge in [-0.1, -0.05) is 12.8 Å². The number of aliphatic hydroxyl groups excluding tert-OH is 1. The molecular formula is C13H19N3O. The molecule has 0 aliphatic heterocycles. The van der Waals surface area contributed by atoms with Gasteiger partial charge in [0.2, 0.25) is 0 Å². The van der Waals surface area contributed by atoms with E-state index in [4.69, 9.17) is 0 Å². The molecule has 2 N–H and O–H groups in total. The summed E-state index contributed by atoms with van der Waals surface area (Å²) in [5, 5.41) is 13.4. The van der Waals surface area contributed by atoms with Crippen LogP contribution in [-0.2, 0) is 12.8 Å². The minimum Gasteiger partial charge on any atom is -0.391 e. The van der Waals surface area contributed by atoms with Crippen molar-refractivity contribution < 1.29 is 5.11 Å². The highest BCUT2D eigenvalue weighted by molar-refractivity contribution is 5.48. The summed E-state index contributed by atoms with van der Waals surface area (Å²) >= 11 is 0. The van der Waals surface area contributed by atoms with Gasteiger partial charge in [-0.3, -0.25) is 0 Å². The Bertz CT molecular complexity index is 408. The van der Waals surface area contributed by atoms with Crippen molar-refractivity contribution in [3.63, 3.8) is 0 Å². The van der Waals surface area contributed by atoms with Gasteiger partial charge in [0, 0.05) is 11.3 Å².